The van der Waals surface area contributed by atoms with Gasteiger partial charge in [0.05, 0.1) is 13.3 Å². The molecular formula is C19H20F4N4O3. The van der Waals surface area contributed by atoms with E-state index in [9.17, 15) is 22.4 Å². The second kappa shape index (κ2) is 9.90. The molecule has 2 rings (SSSR count). The Bertz CT molecular complexity index is 909. The van der Waals surface area contributed by atoms with Gasteiger partial charge in [-0.15, -0.1) is 0 Å². The number of benzene rings is 1. The van der Waals surface area contributed by atoms with Crippen molar-refractivity contribution >= 4 is 17.6 Å². The van der Waals surface area contributed by atoms with Crippen molar-refractivity contribution in [3.8, 4) is 5.75 Å². The van der Waals surface area contributed by atoms with Crippen LogP contribution in [0, 0.1) is 17.0 Å². The minimum Gasteiger partial charge on any atom is -0.495 e. The Kier molecular flexibility index (Phi) is 7.56. The third-order valence-electron chi connectivity index (χ3n) is 4.20. The van der Waals surface area contributed by atoms with Gasteiger partial charge in [0, 0.05) is 11.8 Å². The number of methoxy groups -OCH3 is 1. The molecule has 0 saturated carbocycles. The molecule has 0 aliphatic carbocycles. The zero-order valence-corrected chi connectivity index (χ0v) is 16.1. The molecule has 11 heteroatoms. The average molecular weight is 428 g/mol. The number of halogens is 4. The Morgan fingerprint density at radius 2 is 2.00 bits per heavy atom. The van der Waals surface area contributed by atoms with E-state index in [4.69, 9.17) is 15.9 Å². The molecule has 0 saturated heterocycles. The molecular weight excluding hydrogens is 408 g/mol. The van der Waals surface area contributed by atoms with Gasteiger partial charge in [0.2, 0.25) is 0 Å². The highest BCUT2D eigenvalue weighted by molar-refractivity contribution is 6.02. The highest BCUT2D eigenvalue weighted by atomic mass is 19.3. The van der Waals surface area contributed by atoms with Gasteiger partial charge in [-0.1, -0.05) is 6.92 Å². The molecule has 1 aromatic carbocycles. The summed E-state index contributed by atoms with van der Waals surface area (Å²) in [6, 6.07) is 3.88. The van der Waals surface area contributed by atoms with Crippen LogP contribution < -0.4 is 15.8 Å². The van der Waals surface area contributed by atoms with Gasteiger partial charge in [-0.05, 0) is 36.1 Å². The molecule has 2 atom stereocenters. The molecule has 0 aliphatic rings. The zero-order chi connectivity index (χ0) is 22.4. The number of amides is 1. The molecule has 0 aliphatic heterocycles. The van der Waals surface area contributed by atoms with E-state index in [0.29, 0.717) is 5.75 Å². The number of nitrogens with zero attached hydrogens (tertiary/aromatic N) is 1. The summed E-state index contributed by atoms with van der Waals surface area (Å²) in [5.74, 6) is -3.70. The molecule has 4 N–H and O–H groups in total. The number of carbonyl (C=O) groups is 1. The summed E-state index contributed by atoms with van der Waals surface area (Å²) in [6.07, 6.45) is -3.90. The number of carbonyl (C=O) groups excluding carboxylic acids is 1. The van der Waals surface area contributed by atoms with Crippen molar-refractivity contribution in [3.05, 3.63) is 53.4 Å². The van der Waals surface area contributed by atoms with Gasteiger partial charge in [0.25, 0.3) is 18.4 Å². The number of pyridine rings is 1. The lowest BCUT2D eigenvalue weighted by molar-refractivity contribution is -0.00486. The molecule has 0 spiro atoms. The van der Waals surface area contributed by atoms with Crippen molar-refractivity contribution in [2.24, 2.45) is 5.73 Å². The molecule has 1 heterocycles. The predicted molar refractivity (Wildman–Crippen MR) is 101 cm³/mol. The molecule has 0 radical (unpaired) electrons. The monoisotopic (exact) mass is 428 g/mol. The molecule has 2 aromatic rings. The maximum Gasteiger partial charge on any atom is 0.279 e. The topological polar surface area (TPSA) is 110 Å². The van der Waals surface area contributed by atoms with E-state index in [-0.39, 0.29) is 16.9 Å². The van der Waals surface area contributed by atoms with Crippen molar-refractivity contribution in [1.29, 1.82) is 5.41 Å². The third kappa shape index (κ3) is 5.82. The number of nitrogens with one attached hydrogen (secondary N) is 2. The lowest BCUT2D eigenvalue weighted by atomic mass is 9.93. The van der Waals surface area contributed by atoms with Gasteiger partial charge in [-0.25, -0.2) is 22.5 Å². The largest absolute Gasteiger partial charge is 0.495 e. The zero-order valence-electron chi connectivity index (χ0n) is 16.1. The fourth-order valence-corrected chi connectivity index (χ4v) is 2.71. The number of nitrogens with two attached hydrogens (primary N) is 1. The molecule has 1 aromatic heterocycles. The van der Waals surface area contributed by atoms with Crippen LogP contribution in [0.25, 0.3) is 0 Å². The van der Waals surface area contributed by atoms with Gasteiger partial charge < -0.3 is 20.5 Å². The molecule has 7 nitrogen and oxygen atoms in total. The number of rotatable bonds is 8. The minimum absolute atomic E-state index is 0.00255. The first-order valence-corrected chi connectivity index (χ1v) is 8.71. The highest BCUT2D eigenvalue weighted by Gasteiger charge is 2.28. The first-order chi connectivity index (χ1) is 14.1. The number of hydrogen-bond donors (Lipinski definition) is 3. The van der Waals surface area contributed by atoms with E-state index < -0.39 is 48.4 Å². The lowest BCUT2D eigenvalue weighted by Crippen LogP contribution is -2.30. The first kappa shape index (κ1) is 22.9. The summed E-state index contributed by atoms with van der Waals surface area (Å²) in [5.41, 5.74) is 4.66. The molecule has 0 fully saturated rings. The van der Waals surface area contributed by atoms with Gasteiger partial charge in [-0.2, -0.15) is 0 Å². The van der Waals surface area contributed by atoms with Gasteiger partial charge in [0.1, 0.15) is 11.4 Å². The lowest BCUT2D eigenvalue weighted by Gasteiger charge is -2.22. The highest BCUT2D eigenvalue weighted by Crippen LogP contribution is 2.30. The molecule has 0 unspecified atom stereocenters. The summed E-state index contributed by atoms with van der Waals surface area (Å²) in [6.45, 7) is 1.38. The Labute approximate surface area is 169 Å². The summed E-state index contributed by atoms with van der Waals surface area (Å²) >= 11 is 0. The van der Waals surface area contributed by atoms with Crippen LogP contribution in [-0.4, -0.2) is 36.6 Å². The quantitative estimate of drug-likeness (QED) is 0.338. The van der Waals surface area contributed by atoms with Crippen molar-refractivity contribution in [3.63, 3.8) is 0 Å². The van der Waals surface area contributed by atoms with Crippen LogP contribution in [-0.2, 0) is 4.74 Å². The number of anilines is 1. The van der Waals surface area contributed by atoms with E-state index in [1.54, 1.807) is 0 Å². The van der Waals surface area contributed by atoms with E-state index in [0.717, 1.165) is 12.1 Å². The normalized spacial score (nSPS) is 12.9. The molecule has 0 bridgehead atoms. The van der Waals surface area contributed by atoms with Crippen LogP contribution in [0.3, 0.4) is 0 Å². The maximum atomic E-state index is 14.3. The van der Waals surface area contributed by atoms with Crippen LogP contribution in [0.1, 0.15) is 35.3 Å². The fourth-order valence-electron chi connectivity index (χ4n) is 2.71. The SMILES string of the molecule is COc1ccc(C(=O)Nc2cc(F)c(F)c([C@H](C)C[C@H](OC(=N)N)C(F)F)c2)nc1. The molecule has 1 amide bonds. The van der Waals surface area contributed by atoms with E-state index >= 15 is 0 Å². The Balaban J connectivity index is 2.23. The number of alkyl halides is 2. The summed E-state index contributed by atoms with van der Waals surface area (Å²) in [4.78, 5) is 16.2. The molecule has 162 valence electrons. The average Bonchev–Trinajstić information content (AvgIpc) is 2.69. The van der Waals surface area contributed by atoms with Crippen molar-refractivity contribution in [2.45, 2.75) is 31.8 Å². The van der Waals surface area contributed by atoms with Crippen LogP contribution >= 0.6 is 0 Å². The predicted octanol–water partition coefficient (Wildman–Crippen LogP) is 3.66. The Morgan fingerprint density at radius 1 is 1.30 bits per heavy atom. The van der Waals surface area contributed by atoms with Crippen molar-refractivity contribution in [2.75, 3.05) is 12.4 Å². The van der Waals surface area contributed by atoms with Gasteiger partial charge >= 0.3 is 0 Å². The molecule has 30 heavy (non-hydrogen) atoms. The third-order valence-corrected chi connectivity index (χ3v) is 4.20. The Hall–Kier alpha value is -3.37. The summed E-state index contributed by atoms with van der Waals surface area (Å²) in [5, 5.41) is 9.37. The smallest absolute Gasteiger partial charge is 0.279 e. The number of amidine groups is 1. The van der Waals surface area contributed by atoms with Crippen molar-refractivity contribution in [1.82, 2.24) is 4.98 Å². The second-order valence-corrected chi connectivity index (χ2v) is 6.39. The van der Waals surface area contributed by atoms with E-state index in [1.807, 2.05) is 0 Å². The number of ether oxygens (including phenoxy) is 2. The van der Waals surface area contributed by atoms with E-state index in [1.165, 1.54) is 32.4 Å². The standard InChI is InChI=1S/C19H20F4N4O3/c1-9(5-15(17(22)23)30-19(24)25)12-6-10(7-13(20)16(12)21)27-18(28)14-4-3-11(29-2)8-26-14/h3-4,6-9,15,17H,5H2,1-2H3,(H3,24,25)(H,27,28)/t9-,15+/m1/s1. The number of hydrogen-bond acceptors (Lipinski definition) is 5. The Morgan fingerprint density at radius 3 is 2.53 bits per heavy atom. The second-order valence-electron chi connectivity index (χ2n) is 6.39. The van der Waals surface area contributed by atoms with Crippen LogP contribution in [0.2, 0.25) is 0 Å². The maximum absolute atomic E-state index is 14.3. The minimum atomic E-state index is -2.99. The van der Waals surface area contributed by atoms with Crippen molar-refractivity contribution < 1.29 is 31.8 Å². The van der Waals surface area contributed by atoms with Gasteiger partial charge in [-0.3, -0.25) is 10.2 Å². The summed E-state index contributed by atoms with van der Waals surface area (Å²) < 4.78 is 64.0. The van der Waals surface area contributed by atoms with Crippen LogP contribution in [0.15, 0.2) is 30.5 Å². The summed E-state index contributed by atoms with van der Waals surface area (Å²) in [7, 11) is 1.43. The van der Waals surface area contributed by atoms with Crippen LogP contribution in [0.5, 0.6) is 5.75 Å². The first-order valence-electron chi connectivity index (χ1n) is 8.71. The fraction of sp³-hybridized carbons (Fsp3) is 0.316. The van der Waals surface area contributed by atoms with Gasteiger partial charge in [0.15, 0.2) is 17.7 Å². The van der Waals surface area contributed by atoms with Crippen LogP contribution in [0.4, 0.5) is 23.2 Å². The van der Waals surface area contributed by atoms with E-state index in [2.05, 4.69) is 15.0 Å². The number of aromatic nitrogens is 1.